The van der Waals surface area contributed by atoms with Crippen LogP contribution in [0.3, 0.4) is 0 Å². The third-order valence-electron chi connectivity index (χ3n) is 1.82. The van der Waals surface area contributed by atoms with Crippen molar-refractivity contribution < 1.29 is 13.2 Å². The molecule has 0 aliphatic heterocycles. The second-order valence-electron chi connectivity index (χ2n) is 3.23. The molecule has 0 saturated carbocycles. The summed E-state index contributed by atoms with van der Waals surface area (Å²) in [6.07, 6.45) is -4.99. The van der Waals surface area contributed by atoms with Crippen LogP contribution in [-0.2, 0) is 0 Å². The van der Waals surface area contributed by atoms with E-state index in [1.807, 2.05) is 6.92 Å². The lowest BCUT2D eigenvalue weighted by molar-refractivity contribution is -0.131. The van der Waals surface area contributed by atoms with Gasteiger partial charge in [0.05, 0.1) is 6.42 Å². The largest absolute Gasteiger partial charge is 0.390 e. The quantitative estimate of drug-likeness (QED) is 0.821. The third kappa shape index (κ3) is 4.86. The Kier molecular flexibility index (Phi) is 4.39. The summed E-state index contributed by atoms with van der Waals surface area (Å²) in [4.78, 5) is 4.09. The molecular formula is C10H14F3N3. The van der Waals surface area contributed by atoms with E-state index in [4.69, 9.17) is 0 Å². The van der Waals surface area contributed by atoms with Crippen LogP contribution in [0, 0.1) is 0 Å². The molecule has 16 heavy (non-hydrogen) atoms. The molecule has 0 amide bonds. The number of pyridine rings is 1. The van der Waals surface area contributed by atoms with E-state index < -0.39 is 12.6 Å². The van der Waals surface area contributed by atoms with Gasteiger partial charge < -0.3 is 10.6 Å². The number of nitrogens with one attached hydrogen (secondary N) is 2. The predicted octanol–water partition coefficient (Wildman–Crippen LogP) is 2.88. The maximum Gasteiger partial charge on any atom is 0.390 e. The summed E-state index contributed by atoms with van der Waals surface area (Å²) in [7, 11) is 0. The molecule has 2 N–H and O–H groups in total. The summed E-state index contributed by atoms with van der Waals surface area (Å²) in [6, 6.07) is 5.14. The second kappa shape index (κ2) is 5.58. The summed E-state index contributed by atoms with van der Waals surface area (Å²) in [5.74, 6) is 1.10. The van der Waals surface area contributed by atoms with Crippen LogP contribution in [0.4, 0.5) is 24.8 Å². The van der Waals surface area contributed by atoms with E-state index in [0.29, 0.717) is 11.6 Å². The summed E-state index contributed by atoms with van der Waals surface area (Å²) < 4.78 is 35.7. The summed E-state index contributed by atoms with van der Waals surface area (Å²) >= 11 is 0. The van der Waals surface area contributed by atoms with Crippen molar-refractivity contribution in [2.75, 3.05) is 23.7 Å². The molecular weight excluding hydrogens is 219 g/mol. The molecule has 0 radical (unpaired) electrons. The van der Waals surface area contributed by atoms with Crippen molar-refractivity contribution in [2.45, 2.75) is 19.5 Å². The number of halogens is 3. The Morgan fingerprint density at radius 2 is 1.81 bits per heavy atom. The Morgan fingerprint density at radius 3 is 2.38 bits per heavy atom. The van der Waals surface area contributed by atoms with Gasteiger partial charge in [-0.1, -0.05) is 6.07 Å². The molecule has 1 aromatic rings. The van der Waals surface area contributed by atoms with E-state index in [-0.39, 0.29) is 6.54 Å². The highest BCUT2D eigenvalue weighted by atomic mass is 19.4. The van der Waals surface area contributed by atoms with Gasteiger partial charge in [-0.25, -0.2) is 4.98 Å². The number of hydrogen-bond acceptors (Lipinski definition) is 3. The first kappa shape index (κ1) is 12.6. The van der Waals surface area contributed by atoms with E-state index in [2.05, 4.69) is 15.6 Å². The Balaban J connectivity index is 2.44. The Bertz CT molecular complexity index is 325. The molecule has 0 saturated heterocycles. The van der Waals surface area contributed by atoms with Crippen LogP contribution >= 0.6 is 0 Å². The highest BCUT2D eigenvalue weighted by molar-refractivity contribution is 5.44. The fourth-order valence-electron chi connectivity index (χ4n) is 1.15. The van der Waals surface area contributed by atoms with Crippen LogP contribution in [0.2, 0.25) is 0 Å². The van der Waals surface area contributed by atoms with Crippen molar-refractivity contribution in [2.24, 2.45) is 0 Å². The van der Waals surface area contributed by atoms with Crippen molar-refractivity contribution in [3.63, 3.8) is 0 Å². The Hall–Kier alpha value is -1.46. The van der Waals surface area contributed by atoms with Gasteiger partial charge in [0.1, 0.15) is 11.6 Å². The summed E-state index contributed by atoms with van der Waals surface area (Å²) in [6.45, 7) is 2.48. The minimum Gasteiger partial charge on any atom is -0.370 e. The molecule has 0 aliphatic rings. The van der Waals surface area contributed by atoms with Gasteiger partial charge in [-0.2, -0.15) is 13.2 Å². The van der Waals surface area contributed by atoms with Crippen molar-refractivity contribution in [1.82, 2.24) is 4.98 Å². The molecule has 90 valence electrons. The molecule has 1 rings (SSSR count). The number of anilines is 2. The fraction of sp³-hybridized carbons (Fsp3) is 0.500. The third-order valence-corrected chi connectivity index (χ3v) is 1.82. The van der Waals surface area contributed by atoms with Crippen LogP contribution in [0.5, 0.6) is 0 Å². The van der Waals surface area contributed by atoms with E-state index in [0.717, 1.165) is 6.54 Å². The molecule has 0 unspecified atom stereocenters. The van der Waals surface area contributed by atoms with Crippen LogP contribution in [0.15, 0.2) is 18.2 Å². The van der Waals surface area contributed by atoms with Crippen LogP contribution in [-0.4, -0.2) is 24.2 Å². The maximum absolute atomic E-state index is 11.9. The molecule has 0 atom stereocenters. The average Bonchev–Trinajstić information content (AvgIpc) is 2.17. The molecule has 3 nitrogen and oxygen atoms in total. The van der Waals surface area contributed by atoms with Gasteiger partial charge >= 0.3 is 6.18 Å². The van der Waals surface area contributed by atoms with Crippen molar-refractivity contribution in [1.29, 1.82) is 0 Å². The van der Waals surface area contributed by atoms with Gasteiger partial charge in [0.25, 0.3) is 0 Å². The second-order valence-corrected chi connectivity index (χ2v) is 3.23. The zero-order chi connectivity index (χ0) is 12.0. The van der Waals surface area contributed by atoms with Gasteiger partial charge in [0, 0.05) is 13.1 Å². The summed E-state index contributed by atoms with van der Waals surface area (Å²) in [5.41, 5.74) is 0. The average molecular weight is 233 g/mol. The monoisotopic (exact) mass is 233 g/mol. The number of rotatable bonds is 5. The molecule has 6 heteroatoms. The van der Waals surface area contributed by atoms with Crippen LogP contribution in [0.25, 0.3) is 0 Å². The zero-order valence-corrected chi connectivity index (χ0v) is 8.93. The topological polar surface area (TPSA) is 37.0 Å². The minimum absolute atomic E-state index is 0.161. The highest BCUT2D eigenvalue weighted by Crippen LogP contribution is 2.19. The van der Waals surface area contributed by atoms with Crippen molar-refractivity contribution >= 4 is 11.6 Å². The van der Waals surface area contributed by atoms with Gasteiger partial charge in [-0.3, -0.25) is 0 Å². The normalized spacial score (nSPS) is 11.2. The molecule has 0 aromatic carbocycles. The molecule has 0 fully saturated rings. The number of alkyl halides is 3. The lowest BCUT2D eigenvalue weighted by Crippen LogP contribution is -2.15. The number of aromatic nitrogens is 1. The van der Waals surface area contributed by atoms with Gasteiger partial charge in [0.2, 0.25) is 0 Å². The highest BCUT2D eigenvalue weighted by Gasteiger charge is 2.26. The van der Waals surface area contributed by atoms with Crippen LogP contribution < -0.4 is 10.6 Å². The van der Waals surface area contributed by atoms with Gasteiger partial charge in [-0.15, -0.1) is 0 Å². The van der Waals surface area contributed by atoms with E-state index in [1.165, 1.54) is 0 Å². The Labute approximate surface area is 92.1 Å². The van der Waals surface area contributed by atoms with Crippen molar-refractivity contribution in [3.8, 4) is 0 Å². The van der Waals surface area contributed by atoms with E-state index in [1.54, 1.807) is 18.2 Å². The Morgan fingerprint density at radius 1 is 1.19 bits per heavy atom. The fourth-order valence-corrected chi connectivity index (χ4v) is 1.15. The lowest BCUT2D eigenvalue weighted by atomic mass is 10.4. The smallest absolute Gasteiger partial charge is 0.370 e. The molecule has 0 spiro atoms. The molecule has 1 heterocycles. The standard InChI is InChI=1S/C10H14F3N3/c1-2-14-8-4-3-5-9(16-8)15-7-6-10(11,12)13/h3-5H,2,6-7H2,1H3,(H2,14,15,16). The molecule has 0 aliphatic carbocycles. The summed E-state index contributed by atoms with van der Waals surface area (Å²) in [5, 5.41) is 5.61. The van der Waals surface area contributed by atoms with Crippen molar-refractivity contribution in [3.05, 3.63) is 18.2 Å². The first-order chi connectivity index (χ1) is 7.51. The van der Waals surface area contributed by atoms with Crippen LogP contribution in [0.1, 0.15) is 13.3 Å². The minimum atomic E-state index is -4.13. The number of hydrogen-bond donors (Lipinski definition) is 2. The molecule has 0 bridgehead atoms. The first-order valence-corrected chi connectivity index (χ1v) is 5.03. The SMILES string of the molecule is CCNc1cccc(NCCC(F)(F)F)n1. The van der Waals surface area contributed by atoms with E-state index in [9.17, 15) is 13.2 Å². The van der Waals surface area contributed by atoms with E-state index >= 15 is 0 Å². The molecule has 1 aromatic heterocycles. The number of nitrogens with zero attached hydrogens (tertiary/aromatic N) is 1. The zero-order valence-electron chi connectivity index (χ0n) is 8.93. The predicted molar refractivity (Wildman–Crippen MR) is 57.6 cm³/mol. The lowest BCUT2D eigenvalue weighted by Gasteiger charge is -2.09. The van der Waals surface area contributed by atoms with Gasteiger partial charge in [-0.05, 0) is 19.1 Å². The first-order valence-electron chi connectivity index (χ1n) is 5.03. The van der Waals surface area contributed by atoms with Gasteiger partial charge in [0.15, 0.2) is 0 Å². The maximum atomic E-state index is 11.9.